The number of primary amides is 1. The maximum atomic E-state index is 12.0. The molecule has 1 amide bonds. The molecule has 0 bridgehead atoms. The van der Waals surface area contributed by atoms with Gasteiger partial charge >= 0.3 is 0 Å². The average Bonchev–Trinajstić information content (AvgIpc) is 2.85. The Morgan fingerprint density at radius 2 is 1.91 bits per heavy atom. The van der Waals surface area contributed by atoms with Crippen molar-refractivity contribution in [3.63, 3.8) is 0 Å². The van der Waals surface area contributed by atoms with Crippen molar-refractivity contribution in [1.29, 1.82) is 5.26 Å². The van der Waals surface area contributed by atoms with E-state index in [0.29, 0.717) is 28.2 Å². The van der Waals surface area contributed by atoms with Gasteiger partial charge in [-0.2, -0.15) is 5.26 Å². The average molecular weight is 456 g/mol. The van der Waals surface area contributed by atoms with Gasteiger partial charge in [0.1, 0.15) is 17.7 Å². The number of rotatable bonds is 7. The van der Waals surface area contributed by atoms with Crippen LogP contribution >= 0.6 is 0 Å². The summed E-state index contributed by atoms with van der Waals surface area (Å²) in [5, 5.41) is 15.6. The number of nitriles is 1. The fourth-order valence-corrected chi connectivity index (χ4v) is 3.92. The molecular weight excluding hydrogens is 430 g/mol. The van der Waals surface area contributed by atoms with Crippen LogP contribution in [0.2, 0.25) is 0 Å². The first-order valence-electron chi connectivity index (χ1n) is 11.0. The van der Waals surface area contributed by atoms with E-state index in [9.17, 15) is 9.59 Å². The SMILES string of the molecule is CC(=O)c1cccc(Nc2cc(NC3CCN(c4ccc(C#N)cn4)CC3)c(C(N)=O)cn2)c1. The fourth-order valence-electron chi connectivity index (χ4n) is 3.92. The number of benzene rings is 1. The van der Waals surface area contributed by atoms with E-state index in [1.807, 2.05) is 12.1 Å². The second-order valence-corrected chi connectivity index (χ2v) is 8.16. The number of nitrogens with zero attached hydrogens (tertiary/aromatic N) is 4. The number of ketones is 1. The van der Waals surface area contributed by atoms with Crippen molar-refractivity contribution in [2.45, 2.75) is 25.8 Å². The first-order chi connectivity index (χ1) is 16.4. The van der Waals surface area contributed by atoms with Gasteiger partial charge in [0.25, 0.3) is 5.91 Å². The highest BCUT2D eigenvalue weighted by Gasteiger charge is 2.22. The number of nitrogens with two attached hydrogens (primary N) is 1. The van der Waals surface area contributed by atoms with Crippen LogP contribution in [0.5, 0.6) is 0 Å². The number of carbonyl (C=O) groups is 2. The van der Waals surface area contributed by atoms with Crippen molar-refractivity contribution < 1.29 is 9.59 Å². The van der Waals surface area contributed by atoms with Gasteiger partial charge in [-0.3, -0.25) is 9.59 Å². The van der Waals surface area contributed by atoms with Crippen molar-refractivity contribution in [3.8, 4) is 6.07 Å². The van der Waals surface area contributed by atoms with E-state index < -0.39 is 5.91 Å². The number of pyridine rings is 2. The number of anilines is 4. The predicted molar refractivity (Wildman–Crippen MR) is 130 cm³/mol. The third-order valence-corrected chi connectivity index (χ3v) is 5.77. The van der Waals surface area contributed by atoms with E-state index in [4.69, 9.17) is 11.0 Å². The molecule has 9 nitrogen and oxygen atoms in total. The molecule has 172 valence electrons. The topological polar surface area (TPSA) is 137 Å². The number of hydrogen-bond donors (Lipinski definition) is 3. The van der Waals surface area contributed by atoms with Gasteiger partial charge in [-0.05, 0) is 44.0 Å². The first kappa shape index (κ1) is 22.7. The van der Waals surface area contributed by atoms with Gasteiger partial charge in [0.15, 0.2) is 5.78 Å². The minimum Gasteiger partial charge on any atom is -0.381 e. The lowest BCUT2D eigenvalue weighted by molar-refractivity contribution is 0.0996. The van der Waals surface area contributed by atoms with Crippen LogP contribution in [0.4, 0.5) is 23.0 Å². The Morgan fingerprint density at radius 3 is 2.56 bits per heavy atom. The van der Waals surface area contributed by atoms with Crippen LogP contribution in [0.1, 0.15) is 46.0 Å². The summed E-state index contributed by atoms with van der Waals surface area (Å²) in [4.78, 5) is 34.5. The van der Waals surface area contributed by atoms with E-state index in [2.05, 4.69) is 31.6 Å². The fraction of sp³-hybridized carbons (Fsp3) is 0.240. The van der Waals surface area contributed by atoms with Gasteiger partial charge in [-0.1, -0.05) is 12.1 Å². The quantitative estimate of drug-likeness (QED) is 0.461. The van der Waals surface area contributed by atoms with Crippen molar-refractivity contribution in [2.24, 2.45) is 5.73 Å². The minimum atomic E-state index is -0.556. The van der Waals surface area contributed by atoms with Crippen LogP contribution in [0.25, 0.3) is 0 Å². The summed E-state index contributed by atoms with van der Waals surface area (Å²) in [5.41, 5.74) is 8.37. The van der Waals surface area contributed by atoms with Crippen LogP contribution in [0, 0.1) is 11.3 Å². The van der Waals surface area contributed by atoms with E-state index >= 15 is 0 Å². The third-order valence-electron chi connectivity index (χ3n) is 5.77. The minimum absolute atomic E-state index is 0.0226. The largest absolute Gasteiger partial charge is 0.381 e. The Hall–Kier alpha value is -4.45. The summed E-state index contributed by atoms with van der Waals surface area (Å²) in [6.07, 6.45) is 4.71. The molecule has 2 aromatic heterocycles. The zero-order chi connectivity index (χ0) is 24.1. The monoisotopic (exact) mass is 455 g/mol. The van der Waals surface area contributed by atoms with Gasteiger partial charge in [0, 0.05) is 48.8 Å². The van der Waals surface area contributed by atoms with Gasteiger partial charge < -0.3 is 21.3 Å². The number of carbonyl (C=O) groups excluding carboxylic acids is 2. The zero-order valence-electron chi connectivity index (χ0n) is 18.8. The highest BCUT2D eigenvalue weighted by molar-refractivity contribution is 5.99. The second kappa shape index (κ2) is 10.0. The predicted octanol–water partition coefficient (Wildman–Crippen LogP) is 3.47. The molecule has 4 rings (SSSR count). The van der Waals surface area contributed by atoms with Crippen LogP contribution < -0.4 is 21.3 Å². The van der Waals surface area contributed by atoms with Gasteiger partial charge in [-0.15, -0.1) is 0 Å². The van der Waals surface area contributed by atoms with Gasteiger partial charge in [0.05, 0.1) is 16.8 Å². The number of nitrogens with one attached hydrogen (secondary N) is 2. The Bertz CT molecular complexity index is 1240. The second-order valence-electron chi connectivity index (χ2n) is 8.16. The summed E-state index contributed by atoms with van der Waals surface area (Å²) in [6.45, 7) is 3.09. The normalized spacial score (nSPS) is 13.7. The van der Waals surface area contributed by atoms with Crippen LogP contribution in [-0.4, -0.2) is 40.8 Å². The summed E-state index contributed by atoms with van der Waals surface area (Å²) in [7, 11) is 0. The van der Waals surface area contributed by atoms with Gasteiger partial charge in [-0.25, -0.2) is 9.97 Å². The number of hydrogen-bond acceptors (Lipinski definition) is 8. The molecule has 1 aliphatic rings. The molecule has 0 saturated carbocycles. The summed E-state index contributed by atoms with van der Waals surface area (Å²) < 4.78 is 0. The van der Waals surface area contributed by atoms with Crippen molar-refractivity contribution in [1.82, 2.24) is 9.97 Å². The molecule has 4 N–H and O–H groups in total. The highest BCUT2D eigenvalue weighted by atomic mass is 16.1. The highest BCUT2D eigenvalue weighted by Crippen LogP contribution is 2.26. The number of amides is 1. The summed E-state index contributed by atoms with van der Waals surface area (Å²) >= 11 is 0. The molecule has 0 unspecified atom stereocenters. The lowest BCUT2D eigenvalue weighted by Gasteiger charge is -2.34. The molecule has 1 saturated heterocycles. The molecule has 0 atom stereocenters. The van der Waals surface area contributed by atoms with Crippen molar-refractivity contribution in [3.05, 3.63) is 71.5 Å². The third kappa shape index (κ3) is 5.30. The number of Topliss-reactive ketones (excluding diaryl/α,β-unsaturated/α-hetero) is 1. The molecule has 1 fully saturated rings. The standard InChI is InChI=1S/C25H25N7O2/c1-16(33)18-3-2-4-20(11-18)31-23-12-22(21(15-28-23)25(27)34)30-19-7-9-32(10-8-19)24-6-5-17(13-26)14-29-24/h2-6,11-12,14-15,19H,7-10H2,1H3,(H2,27,34)(H2,28,30,31). The Morgan fingerprint density at radius 1 is 1.12 bits per heavy atom. The summed E-state index contributed by atoms with van der Waals surface area (Å²) in [6, 6.07) is 14.8. The van der Waals surface area contributed by atoms with Crippen LogP contribution in [-0.2, 0) is 0 Å². The molecule has 3 heterocycles. The molecule has 0 aliphatic carbocycles. The van der Waals surface area contributed by atoms with E-state index in [1.165, 1.54) is 13.1 Å². The van der Waals surface area contributed by atoms with Crippen LogP contribution in [0.3, 0.4) is 0 Å². The smallest absolute Gasteiger partial charge is 0.252 e. The number of piperidine rings is 1. The van der Waals surface area contributed by atoms with Crippen molar-refractivity contribution in [2.75, 3.05) is 28.6 Å². The Kier molecular flexibility index (Phi) is 6.69. The molecule has 34 heavy (non-hydrogen) atoms. The first-order valence-corrected chi connectivity index (χ1v) is 11.0. The molecule has 9 heteroatoms. The number of aromatic nitrogens is 2. The van der Waals surface area contributed by atoms with Crippen LogP contribution in [0.15, 0.2) is 54.9 Å². The Labute approximate surface area is 197 Å². The Balaban J connectivity index is 1.45. The zero-order valence-corrected chi connectivity index (χ0v) is 18.8. The van der Waals surface area contributed by atoms with E-state index in [1.54, 1.807) is 36.5 Å². The van der Waals surface area contributed by atoms with E-state index in [-0.39, 0.29) is 11.8 Å². The van der Waals surface area contributed by atoms with Gasteiger partial charge in [0.2, 0.25) is 0 Å². The molecule has 1 aliphatic heterocycles. The maximum absolute atomic E-state index is 12.0. The van der Waals surface area contributed by atoms with E-state index in [0.717, 1.165) is 37.4 Å². The molecule has 3 aromatic rings. The molecule has 0 radical (unpaired) electrons. The lowest BCUT2D eigenvalue weighted by Crippen LogP contribution is -2.39. The van der Waals surface area contributed by atoms with Crippen molar-refractivity contribution >= 4 is 34.7 Å². The molecular formula is C25H25N7O2. The summed E-state index contributed by atoms with van der Waals surface area (Å²) in [5.74, 6) is 0.802. The molecule has 0 spiro atoms. The lowest BCUT2D eigenvalue weighted by atomic mass is 10.0. The maximum Gasteiger partial charge on any atom is 0.252 e. The molecule has 1 aromatic carbocycles.